The molecule has 0 rings (SSSR count). The first-order valence-corrected chi connectivity index (χ1v) is 7.57. The van der Waals surface area contributed by atoms with E-state index in [-0.39, 0.29) is 19.8 Å². The Kier molecular flexibility index (Phi) is 34.0. The predicted molar refractivity (Wildman–Crippen MR) is 105 cm³/mol. The fraction of sp³-hybridized carbons (Fsp3) is 0.333. The molecule has 0 fully saturated rings. The highest BCUT2D eigenvalue weighted by Crippen LogP contribution is 2.18. The van der Waals surface area contributed by atoms with Crippen LogP contribution >= 0.6 is 0 Å². The number of carboxylic acid groups (broad SMARTS) is 4. The fourth-order valence-corrected chi connectivity index (χ4v) is 0.485. The van der Waals surface area contributed by atoms with Crippen LogP contribution in [0.5, 0.6) is 0 Å². The normalized spacial score (nSPS) is 8.14. The van der Waals surface area contributed by atoms with Gasteiger partial charge in [-0.1, -0.05) is 33.2 Å². The lowest BCUT2D eigenvalue weighted by atomic mass is 9.88. The molecule has 11 heteroatoms. The Morgan fingerprint density at radius 3 is 0.759 bits per heavy atom. The first-order chi connectivity index (χ1) is 13.3. The van der Waals surface area contributed by atoms with Crippen LogP contribution in [0.4, 0.5) is 0 Å². The molecule has 0 bridgehead atoms. The van der Waals surface area contributed by atoms with E-state index in [9.17, 15) is 19.2 Å². The smallest absolute Gasteiger partial charge is 0.327 e. The molecule has 0 aliphatic heterocycles. The van der Waals surface area contributed by atoms with Gasteiger partial charge in [-0.15, -0.1) is 0 Å². The number of carbonyl (C=O) groups is 4. The van der Waals surface area contributed by atoms with Crippen LogP contribution in [0.1, 0.15) is 13.3 Å². The summed E-state index contributed by atoms with van der Waals surface area (Å²) in [6.45, 7) is 13.2. The molecule has 11 nitrogen and oxygen atoms in total. The van der Waals surface area contributed by atoms with E-state index in [0.717, 1.165) is 24.3 Å². The topological polar surface area (TPSA) is 210 Å². The van der Waals surface area contributed by atoms with Gasteiger partial charge in [-0.25, -0.2) is 19.2 Å². The minimum atomic E-state index is -0.981. The molecule has 0 spiro atoms. The van der Waals surface area contributed by atoms with Crippen molar-refractivity contribution in [1.29, 1.82) is 0 Å². The van der Waals surface area contributed by atoms with Crippen molar-refractivity contribution in [2.45, 2.75) is 13.3 Å². The predicted octanol–water partition coefficient (Wildman–Crippen LogP) is 0.388. The van der Waals surface area contributed by atoms with Crippen molar-refractivity contribution in [2.24, 2.45) is 5.41 Å². The summed E-state index contributed by atoms with van der Waals surface area (Å²) in [6, 6.07) is 0. The van der Waals surface area contributed by atoms with Gasteiger partial charge in [-0.05, 0) is 6.42 Å². The van der Waals surface area contributed by atoms with Gasteiger partial charge in [0.1, 0.15) is 0 Å². The monoisotopic (exact) mass is 422 g/mol. The van der Waals surface area contributed by atoms with Gasteiger partial charge < -0.3 is 35.7 Å². The molecular formula is C18H30O11. The maximum Gasteiger partial charge on any atom is 0.327 e. The van der Waals surface area contributed by atoms with Crippen LogP contribution < -0.4 is 0 Å². The molecular weight excluding hydrogens is 392 g/mol. The van der Waals surface area contributed by atoms with Gasteiger partial charge >= 0.3 is 23.9 Å². The summed E-state index contributed by atoms with van der Waals surface area (Å²) in [5.74, 6) is -3.93. The lowest BCUT2D eigenvalue weighted by molar-refractivity contribution is -0.132. The number of carboxylic acids is 4. The molecule has 0 unspecified atom stereocenters. The summed E-state index contributed by atoms with van der Waals surface area (Å²) in [5, 5.41) is 56.4. The minimum absolute atomic E-state index is 0.156. The fourth-order valence-electron chi connectivity index (χ4n) is 0.485. The van der Waals surface area contributed by atoms with E-state index in [1.54, 1.807) is 0 Å². The highest BCUT2D eigenvalue weighted by atomic mass is 16.4. The van der Waals surface area contributed by atoms with Gasteiger partial charge in [0.15, 0.2) is 0 Å². The van der Waals surface area contributed by atoms with E-state index in [1.807, 2.05) is 6.92 Å². The molecule has 0 amide bonds. The summed E-state index contributed by atoms with van der Waals surface area (Å²) >= 11 is 0. The van der Waals surface area contributed by atoms with E-state index >= 15 is 0 Å². The molecule has 7 N–H and O–H groups in total. The zero-order valence-corrected chi connectivity index (χ0v) is 16.2. The van der Waals surface area contributed by atoms with Crippen LogP contribution in [-0.4, -0.2) is 79.4 Å². The molecule has 0 radical (unpaired) electrons. The third kappa shape index (κ3) is 45.6. The average molecular weight is 422 g/mol. The van der Waals surface area contributed by atoms with Gasteiger partial charge in [0.05, 0.1) is 19.8 Å². The van der Waals surface area contributed by atoms with E-state index < -0.39 is 29.3 Å². The summed E-state index contributed by atoms with van der Waals surface area (Å²) in [7, 11) is 0. The SMILES string of the molecule is C=CC(=O)O.C=CC(=O)O.C=CC(=O)O.C=CC(=O)O.CCC(CO)(CO)CO. The minimum Gasteiger partial charge on any atom is -0.478 e. The summed E-state index contributed by atoms with van der Waals surface area (Å²) in [5.41, 5.74) is -0.667. The maximum absolute atomic E-state index is 9.25. The molecule has 0 saturated carbocycles. The molecule has 29 heavy (non-hydrogen) atoms. The van der Waals surface area contributed by atoms with Crippen LogP contribution in [0.2, 0.25) is 0 Å². The largest absolute Gasteiger partial charge is 0.478 e. The zero-order valence-electron chi connectivity index (χ0n) is 16.2. The Labute approximate surface area is 168 Å². The van der Waals surface area contributed by atoms with Gasteiger partial charge in [0.2, 0.25) is 0 Å². The van der Waals surface area contributed by atoms with Gasteiger partial charge in [0.25, 0.3) is 0 Å². The van der Waals surface area contributed by atoms with E-state index in [1.165, 1.54) is 0 Å². The van der Waals surface area contributed by atoms with Crippen LogP contribution in [0.25, 0.3) is 0 Å². The van der Waals surface area contributed by atoms with Crippen molar-refractivity contribution in [3.8, 4) is 0 Å². The van der Waals surface area contributed by atoms with Crippen LogP contribution in [0, 0.1) is 5.41 Å². The Bertz CT molecular complexity index is 416. The van der Waals surface area contributed by atoms with Gasteiger partial charge in [0, 0.05) is 29.7 Å². The molecule has 168 valence electrons. The van der Waals surface area contributed by atoms with Crippen molar-refractivity contribution in [3.63, 3.8) is 0 Å². The molecule has 0 aromatic rings. The molecule has 0 aliphatic rings. The quantitative estimate of drug-likeness (QED) is 0.266. The molecule has 0 saturated heterocycles. The highest BCUT2D eigenvalue weighted by molar-refractivity contribution is 5.79. The van der Waals surface area contributed by atoms with Crippen molar-refractivity contribution in [3.05, 3.63) is 50.6 Å². The Morgan fingerprint density at radius 2 is 0.759 bits per heavy atom. The van der Waals surface area contributed by atoms with Crippen molar-refractivity contribution in [1.82, 2.24) is 0 Å². The number of hydrogen-bond donors (Lipinski definition) is 7. The molecule has 0 aliphatic carbocycles. The van der Waals surface area contributed by atoms with Gasteiger partial charge in [-0.2, -0.15) is 0 Å². The third-order valence-electron chi connectivity index (χ3n) is 2.45. The third-order valence-corrected chi connectivity index (χ3v) is 2.45. The standard InChI is InChI=1S/C6H14O3.4C3H4O2/c1-2-6(3-7,4-8)5-9;4*1-2-3(4)5/h7-9H,2-5H2,1H3;4*2H,1H2,(H,4,5). The summed E-state index contributed by atoms with van der Waals surface area (Å²) < 4.78 is 0. The zero-order chi connectivity index (χ0) is 24.5. The molecule has 0 aromatic heterocycles. The second-order valence-corrected chi connectivity index (χ2v) is 4.50. The molecule has 0 heterocycles. The first-order valence-electron chi connectivity index (χ1n) is 7.57. The Balaban J connectivity index is -0.0000000853. The first kappa shape index (κ1) is 36.6. The molecule has 0 atom stereocenters. The van der Waals surface area contributed by atoms with Crippen molar-refractivity contribution in [2.75, 3.05) is 19.8 Å². The van der Waals surface area contributed by atoms with Crippen LogP contribution in [0.3, 0.4) is 0 Å². The van der Waals surface area contributed by atoms with Crippen molar-refractivity contribution >= 4 is 23.9 Å². The second kappa shape index (κ2) is 26.9. The molecule has 0 aromatic carbocycles. The Morgan fingerprint density at radius 1 is 0.621 bits per heavy atom. The average Bonchev–Trinajstić information content (AvgIpc) is 2.71. The maximum atomic E-state index is 9.25. The second-order valence-electron chi connectivity index (χ2n) is 4.50. The summed E-state index contributed by atoms with van der Waals surface area (Å²) in [6.07, 6.45) is 3.93. The highest BCUT2D eigenvalue weighted by Gasteiger charge is 2.24. The summed E-state index contributed by atoms with van der Waals surface area (Å²) in [4.78, 5) is 37.0. The lowest BCUT2D eigenvalue weighted by Crippen LogP contribution is -2.32. The van der Waals surface area contributed by atoms with Crippen LogP contribution in [0.15, 0.2) is 50.6 Å². The number of aliphatic hydroxyl groups excluding tert-OH is 3. The van der Waals surface area contributed by atoms with Gasteiger partial charge in [-0.3, -0.25) is 0 Å². The van der Waals surface area contributed by atoms with Crippen molar-refractivity contribution < 1.29 is 54.9 Å². The van der Waals surface area contributed by atoms with E-state index in [0.29, 0.717) is 6.42 Å². The van der Waals surface area contributed by atoms with Crippen LogP contribution in [-0.2, 0) is 19.2 Å². The Hall–Kier alpha value is -3.28. The number of aliphatic hydroxyl groups is 3. The lowest BCUT2D eigenvalue weighted by Gasteiger charge is -2.24. The number of aliphatic carboxylic acids is 4. The number of rotatable bonds is 8. The van der Waals surface area contributed by atoms with E-state index in [2.05, 4.69) is 26.3 Å². The number of hydrogen-bond acceptors (Lipinski definition) is 7. The van der Waals surface area contributed by atoms with E-state index in [4.69, 9.17) is 35.7 Å².